The highest BCUT2D eigenvalue weighted by atomic mass is 127. The molecule has 5 nitrogen and oxygen atoms in total. The summed E-state index contributed by atoms with van der Waals surface area (Å²) in [5.74, 6) is 1.15. The van der Waals surface area contributed by atoms with E-state index >= 15 is 0 Å². The molecule has 0 radical (unpaired) electrons. The third-order valence-corrected chi connectivity index (χ3v) is 5.91. The van der Waals surface area contributed by atoms with Gasteiger partial charge < -0.3 is 9.47 Å². The van der Waals surface area contributed by atoms with Gasteiger partial charge in [0, 0.05) is 14.7 Å². The van der Waals surface area contributed by atoms with Gasteiger partial charge in [-0.3, -0.25) is 4.79 Å². The Morgan fingerprint density at radius 1 is 0.941 bits per heavy atom. The molecule has 0 saturated carbocycles. The number of hydrazone groups is 1. The Labute approximate surface area is 212 Å². The van der Waals surface area contributed by atoms with Crippen molar-refractivity contribution in [2.75, 3.05) is 6.61 Å². The fourth-order valence-corrected chi connectivity index (χ4v) is 3.78. The van der Waals surface area contributed by atoms with Gasteiger partial charge in [-0.2, -0.15) is 5.10 Å². The molecule has 0 aliphatic rings. The Balaban J connectivity index is 1.50. The summed E-state index contributed by atoms with van der Waals surface area (Å²) in [5.41, 5.74) is 5.02. The highest BCUT2D eigenvalue weighted by molar-refractivity contribution is 14.1. The summed E-state index contributed by atoms with van der Waals surface area (Å²) in [4.78, 5) is 12.5. The number of nitrogens with zero attached hydrogens (tertiary/aromatic N) is 1. The summed E-state index contributed by atoms with van der Waals surface area (Å²) in [7, 11) is 0. The van der Waals surface area contributed by atoms with Crippen LogP contribution in [0.25, 0.3) is 10.8 Å². The number of ether oxygens (including phenoxy) is 2. The number of fused-ring (bicyclic) bond motifs is 1. The molecular formula is C28H25IN2O3. The molecule has 0 aliphatic heterocycles. The molecule has 0 unspecified atom stereocenters. The number of rotatable bonds is 9. The van der Waals surface area contributed by atoms with Gasteiger partial charge in [-0.15, -0.1) is 0 Å². The van der Waals surface area contributed by atoms with Crippen molar-refractivity contribution in [3.8, 4) is 11.5 Å². The molecule has 4 aromatic carbocycles. The van der Waals surface area contributed by atoms with E-state index in [9.17, 15) is 4.79 Å². The molecule has 1 N–H and O–H groups in total. The van der Waals surface area contributed by atoms with Crippen molar-refractivity contribution in [3.05, 3.63) is 105 Å². The van der Waals surface area contributed by atoms with Gasteiger partial charge in [0.1, 0.15) is 18.1 Å². The summed E-state index contributed by atoms with van der Waals surface area (Å²) in [6.07, 6.45) is 2.57. The molecule has 1 amide bonds. The van der Waals surface area contributed by atoms with Crippen molar-refractivity contribution in [3.63, 3.8) is 0 Å². The Kier molecular flexibility index (Phi) is 8.14. The van der Waals surface area contributed by atoms with Crippen molar-refractivity contribution < 1.29 is 14.3 Å². The Hall–Kier alpha value is -3.39. The van der Waals surface area contributed by atoms with E-state index in [0.717, 1.165) is 34.1 Å². The molecule has 6 heteroatoms. The van der Waals surface area contributed by atoms with Crippen LogP contribution in [-0.2, 0) is 6.61 Å². The van der Waals surface area contributed by atoms with Crippen molar-refractivity contribution in [1.82, 2.24) is 5.43 Å². The first-order valence-corrected chi connectivity index (χ1v) is 12.2. The Morgan fingerprint density at radius 2 is 1.71 bits per heavy atom. The quantitative estimate of drug-likeness (QED) is 0.142. The van der Waals surface area contributed by atoms with Crippen molar-refractivity contribution in [2.45, 2.75) is 20.0 Å². The number of hydrogen-bond donors (Lipinski definition) is 1. The second kappa shape index (κ2) is 11.7. The molecular weight excluding hydrogens is 539 g/mol. The maximum Gasteiger partial charge on any atom is 0.271 e. The number of carbonyl (C=O) groups excluding carboxylic acids is 1. The van der Waals surface area contributed by atoms with Crippen molar-refractivity contribution >= 4 is 45.5 Å². The number of halogens is 1. The van der Waals surface area contributed by atoms with Gasteiger partial charge in [0.15, 0.2) is 0 Å². The van der Waals surface area contributed by atoms with Gasteiger partial charge >= 0.3 is 0 Å². The summed E-state index contributed by atoms with van der Waals surface area (Å²) in [6, 6.07) is 27.2. The Bertz CT molecular complexity index is 1290. The van der Waals surface area contributed by atoms with E-state index in [2.05, 4.69) is 64.3 Å². The summed E-state index contributed by atoms with van der Waals surface area (Å²) in [5, 5.41) is 6.30. The third-order valence-electron chi connectivity index (χ3n) is 5.19. The van der Waals surface area contributed by atoms with Gasteiger partial charge in [0.2, 0.25) is 0 Å². The lowest BCUT2D eigenvalue weighted by molar-refractivity contribution is 0.0955. The molecule has 4 rings (SSSR count). The first-order chi connectivity index (χ1) is 16.6. The van der Waals surface area contributed by atoms with Gasteiger partial charge in [0.05, 0.1) is 12.8 Å². The van der Waals surface area contributed by atoms with E-state index in [4.69, 9.17) is 9.47 Å². The second-order valence-electron chi connectivity index (χ2n) is 7.69. The van der Waals surface area contributed by atoms with E-state index in [0.29, 0.717) is 24.5 Å². The summed E-state index contributed by atoms with van der Waals surface area (Å²) < 4.78 is 12.9. The van der Waals surface area contributed by atoms with Crippen molar-refractivity contribution in [1.29, 1.82) is 0 Å². The van der Waals surface area contributed by atoms with Gasteiger partial charge in [-0.25, -0.2) is 5.43 Å². The largest absolute Gasteiger partial charge is 0.494 e. The zero-order chi connectivity index (χ0) is 23.8. The van der Waals surface area contributed by atoms with Crippen LogP contribution in [-0.4, -0.2) is 18.7 Å². The van der Waals surface area contributed by atoms with Gasteiger partial charge in [-0.05, 0) is 87.8 Å². The van der Waals surface area contributed by atoms with Crippen LogP contribution in [0.15, 0.2) is 90.0 Å². The molecule has 0 spiro atoms. The normalized spacial score (nSPS) is 11.0. The number of benzene rings is 4. The Morgan fingerprint density at radius 3 is 2.47 bits per heavy atom. The van der Waals surface area contributed by atoms with Crippen LogP contribution < -0.4 is 14.9 Å². The zero-order valence-corrected chi connectivity index (χ0v) is 21.0. The fraction of sp³-hybridized carbons (Fsp3) is 0.143. The van der Waals surface area contributed by atoms with Gasteiger partial charge in [0.25, 0.3) is 5.91 Å². The first-order valence-electron chi connectivity index (χ1n) is 11.1. The topological polar surface area (TPSA) is 59.9 Å². The second-order valence-corrected chi connectivity index (χ2v) is 8.93. The SMILES string of the molecule is CCCOc1ccc(C(=O)N/N=C\c2c(OCc3ccc(I)cc3)ccc3ccccc23)cc1. The molecule has 34 heavy (non-hydrogen) atoms. The highest BCUT2D eigenvalue weighted by Gasteiger charge is 2.09. The van der Waals surface area contributed by atoms with E-state index in [-0.39, 0.29) is 5.91 Å². The standard InChI is InChI=1S/C28H25IN2O3/c1-2-17-33-24-14-9-22(10-15-24)28(32)31-30-18-26-25-6-4-3-5-21(25)11-16-27(26)34-19-20-7-12-23(29)13-8-20/h3-16,18H,2,17,19H2,1H3,(H,31,32)/b30-18-. The zero-order valence-electron chi connectivity index (χ0n) is 18.8. The van der Waals surface area contributed by atoms with Crippen LogP contribution in [0.3, 0.4) is 0 Å². The number of hydrogen-bond acceptors (Lipinski definition) is 4. The van der Waals surface area contributed by atoms with E-state index in [1.54, 1.807) is 30.5 Å². The molecule has 0 atom stereocenters. The predicted octanol–water partition coefficient (Wildman–Crippen LogP) is 6.58. The number of amides is 1. The van der Waals surface area contributed by atoms with Crippen molar-refractivity contribution in [2.24, 2.45) is 5.10 Å². The molecule has 0 aromatic heterocycles. The van der Waals surface area contributed by atoms with Crippen LogP contribution in [0.2, 0.25) is 0 Å². The molecule has 0 aliphatic carbocycles. The van der Waals surface area contributed by atoms with Crippen LogP contribution in [0, 0.1) is 3.57 Å². The molecule has 0 heterocycles. The molecule has 0 bridgehead atoms. The number of carbonyl (C=O) groups is 1. The van der Waals surface area contributed by atoms with Gasteiger partial charge in [-0.1, -0.05) is 49.4 Å². The minimum atomic E-state index is -0.292. The lowest BCUT2D eigenvalue weighted by atomic mass is 10.0. The van der Waals surface area contributed by atoms with Crippen LogP contribution in [0.4, 0.5) is 0 Å². The van der Waals surface area contributed by atoms with Crippen LogP contribution >= 0.6 is 22.6 Å². The molecule has 172 valence electrons. The van der Waals surface area contributed by atoms with Crippen LogP contribution in [0.1, 0.15) is 34.8 Å². The molecule has 0 fully saturated rings. The third kappa shape index (κ3) is 6.14. The maximum absolute atomic E-state index is 12.5. The summed E-state index contributed by atoms with van der Waals surface area (Å²) >= 11 is 2.28. The lowest BCUT2D eigenvalue weighted by Crippen LogP contribution is -2.17. The minimum Gasteiger partial charge on any atom is -0.494 e. The average Bonchev–Trinajstić information content (AvgIpc) is 2.88. The fourth-order valence-electron chi connectivity index (χ4n) is 3.42. The monoisotopic (exact) mass is 564 g/mol. The predicted molar refractivity (Wildman–Crippen MR) is 145 cm³/mol. The number of nitrogens with one attached hydrogen (secondary N) is 1. The smallest absolute Gasteiger partial charge is 0.271 e. The van der Waals surface area contributed by atoms with E-state index in [1.807, 2.05) is 36.4 Å². The highest BCUT2D eigenvalue weighted by Crippen LogP contribution is 2.27. The average molecular weight is 564 g/mol. The lowest BCUT2D eigenvalue weighted by Gasteiger charge is -2.12. The maximum atomic E-state index is 12.5. The minimum absolute atomic E-state index is 0.292. The molecule has 0 saturated heterocycles. The van der Waals surface area contributed by atoms with E-state index in [1.165, 1.54) is 3.57 Å². The first kappa shape index (κ1) is 23.8. The molecule has 4 aromatic rings. The van der Waals surface area contributed by atoms with E-state index < -0.39 is 0 Å². The van der Waals surface area contributed by atoms with Crippen LogP contribution in [0.5, 0.6) is 11.5 Å². The summed E-state index contributed by atoms with van der Waals surface area (Å²) in [6.45, 7) is 3.14.